The van der Waals surface area contributed by atoms with Gasteiger partial charge in [0.1, 0.15) is 6.04 Å². The lowest BCUT2D eigenvalue weighted by Crippen LogP contribution is -2.46. The molecule has 0 fully saturated rings. The summed E-state index contributed by atoms with van der Waals surface area (Å²) in [6, 6.07) is -0.601. The number of rotatable bonds is 19. The summed E-state index contributed by atoms with van der Waals surface area (Å²) >= 11 is 0. The Hall–Kier alpha value is -1.26. The van der Waals surface area contributed by atoms with Crippen molar-refractivity contribution in [2.24, 2.45) is 5.92 Å². The number of hydrogen-bond donors (Lipinski definition) is 0. The van der Waals surface area contributed by atoms with E-state index in [1.807, 2.05) is 13.8 Å². The Morgan fingerprint density at radius 2 is 1.07 bits per heavy atom. The van der Waals surface area contributed by atoms with Gasteiger partial charge in [0.15, 0.2) is 0 Å². The van der Waals surface area contributed by atoms with E-state index >= 15 is 0 Å². The third-order valence-electron chi connectivity index (χ3n) is 5.54. The summed E-state index contributed by atoms with van der Waals surface area (Å²) in [7, 11) is 1.63. The number of carbonyl (C=O) groups is 2. The Balaban J connectivity index is 4.07. The van der Waals surface area contributed by atoms with Crippen LogP contribution in [-0.2, 0) is 14.3 Å². The number of carbonyl (C=O) groups excluding carboxylic acids is 2. The van der Waals surface area contributed by atoms with Crippen molar-refractivity contribution < 1.29 is 19.1 Å². The molecular weight excluding hydrogens is 378 g/mol. The molecule has 0 aliphatic heterocycles. The molecule has 0 N–H and O–H groups in total. The molecule has 1 amide bonds. The van der Waals surface area contributed by atoms with E-state index in [4.69, 9.17) is 9.47 Å². The summed E-state index contributed by atoms with van der Waals surface area (Å²) in [4.78, 5) is 26.3. The first-order chi connectivity index (χ1) is 14.5. The molecule has 0 aliphatic carbocycles. The number of amides is 1. The lowest BCUT2D eigenvalue weighted by molar-refractivity contribution is -0.150. The highest BCUT2D eigenvalue weighted by atomic mass is 16.6. The van der Waals surface area contributed by atoms with Gasteiger partial charge in [-0.1, -0.05) is 105 Å². The van der Waals surface area contributed by atoms with Crippen LogP contribution in [0.2, 0.25) is 0 Å². The zero-order chi connectivity index (χ0) is 22.6. The predicted molar refractivity (Wildman–Crippen MR) is 125 cm³/mol. The highest BCUT2D eigenvalue weighted by Gasteiger charge is 2.32. The molecular formula is C25H49NO4. The van der Waals surface area contributed by atoms with E-state index in [9.17, 15) is 9.59 Å². The van der Waals surface area contributed by atoms with Gasteiger partial charge < -0.3 is 9.47 Å². The number of nitrogens with zero attached hydrogens (tertiary/aromatic N) is 1. The quantitative estimate of drug-likeness (QED) is 0.163. The Labute approximate surface area is 186 Å². The lowest BCUT2D eigenvalue weighted by Gasteiger charge is -2.28. The van der Waals surface area contributed by atoms with Gasteiger partial charge in [-0.3, -0.25) is 4.90 Å². The Morgan fingerprint density at radius 1 is 0.667 bits per heavy atom. The molecule has 0 spiro atoms. The van der Waals surface area contributed by atoms with Crippen LogP contribution in [0.15, 0.2) is 0 Å². The molecule has 178 valence electrons. The standard InChI is InChI=1S/C25H49NO4/c1-6-8-10-12-14-15-17-18-20-29-24(27)23(22(3)4)26(5)25(28)30-21-19-16-13-11-9-7-2/h22-23H,6-21H2,1-5H3. The van der Waals surface area contributed by atoms with E-state index in [2.05, 4.69) is 13.8 Å². The topological polar surface area (TPSA) is 55.8 Å². The summed E-state index contributed by atoms with van der Waals surface area (Å²) in [6.45, 7) is 9.12. The van der Waals surface area contributed by atoms with E-state index in [0.717, 1.165) is 25.7 Å². The molecule has 30 heavy (non-hydrogen) atoms. The van der Waals surface area contributed by atoms with Crippen LogP contribution in [0.1, 0.15) is 118 Å². The molecule has 0 saturated carbocycles. The molecule has 0 aromatic heterocycles. The van der Waals surface area contributed by atoms with E-state index in [0.29, 0.717) is 13.2 Å². The van der Waals surface area contributed by atoms with Crippen molar-refractivity contribution in [3.05, 3.63) is 0 Å². The van der Waals surface area contributed by atoms with E-state index in [1.54, 1.807) is 7.05 Å². The second-order valence-corrected chi connectivity index (χ2v) is 8.82. The van der Waals surface area contributed by atoms with Crippen molar-refractivity contribution in [3.63, 3.8) is 0 Å². The van der Waals surface area contributed by atoms with E-state index in [-0.39, 0.29) is 11.9 Å². The minimum atomic E-state index is -0.601. The fourth-order valence-corrected chi connectivity index (χ4v) is 3.63. The van der Waals surface area contributed by atoms with Crippen molar-refractivity contribution >= 4 is 12.1 Å². The maximum Gasteiger partial charge on any atom is 0.410 e. The molecule has 0 aromatic rings. The lowest BCUT2D eigenvalue weighted by atomic mass is 10.0. The third kappa shape index (κ3) is 14.7. The molecule has 5 heteroatoms. The summed E-state index contributed by atoms with van der Waals surface area (Å²) in [5, 5.41) is 0. The van der Waals surface area contributed by atoms with E-state index < -0.39 is 12.1 Å². The zero-order valence-corrected chi connectivity index (χ0v) is 20.5. The predicted octanol–water partition coefficient (Wildman–Crippen LogP) is 7.12. The summed E-state index contributed by atoms with van der Waals surface area (Å²) in [5.41, 5.74) is 0. The second-order valence-electron chi connectivity index (χ2n) is 8.82. The molecule has 0 aliphatic rings. The maximum atomic E-state index is 12.5. The van der Waals surface area contributed by atoms with Crippen molar-refractivity contribution in [1.82, 2.24) is 4.90 Å². The van der Waals surface area contributed by atoms with Gasteiger partial charge in [0.2, 0.25) is 0 Å². The second kappa shape index (κ2) is 19.7. The monoisotopic (exact) mass is 427 g/mol. The Kier molecular flexibility index (Phi) is 18.9. The first kappa shape index (κ1) is 28.7. The van der Waals surface area contributed by atoms with Crippen LogP contribution in [0.5, 0.6) is 0 Å². The van der Waals surface area contributed by atoms with Gasteiger partial charge in [-0.05, 0) is 18.8 Å². The van der Waals surface area contributed by atoms with Crippen LogP contribution in [0.25, 0.3) is 0 Å². The minimum absolute atomic E-state index is 0.0253. The van der Waals surface area contributed by atoms with Gasteiger partial charge >= 0.3 is 12.1 Å². The molecule has 0 bridgehead atoms. The third-order valence-corrected chi connectivity index (χ3v) is 5.54. The summed E-state index contributed by atoms with van der Waals surface area (Å²) in [5.74, 6) is -0.352. The Bertz CT molecular complexity index is 425. The van der Waals surface area contributed by atoms with Crippen LogP contribution in [-0.4, -0.2) is 43.3 Å². The summed E-state index contributed by atoms with van der Waals surface area (Å²) in [6.07, 6.45) is 16.1. The highest BCUT2D eigenvalue weighted by molar-refractivity contribution is 5.81. The van der Waals surface area contributed by atoms with Gasteiger partial charge in [0.05, 0.1) is 13.2 Å². The van der Waals surface area contributed by atoms with E-state index in [1.165, 1.54) is 69.1 Å². The van der Waals surface area contributed by atoms with Crippen LogP contribution in [0.3, 0.4) is 0 Å². The minimum Gasteiger partial charge on any atom is -0.464 e. The average Bonchev–Trinajstić information content (AvgIpc) is 2.71. The SMILES string of the molecule is CCCCCCCCCCOC(=O)C(C(C)C)N(C)C(=O)OCCCCCCCC. The highest BCUT2D eigenvalue weighted by Crippen LogP contribution is 2.14. The normalized spacial score (nSPS) is 12.1. The van der Waals surface area contributed by atoms with Crippen LogP contribution in [0, 0.1) is 5.92 Å². The van der Waals surface area contributed by atoms with Crippen LogP contribution < -0.4 is 0 Å². The van der Waals surface area contributed by atoms with Crippen molar-refractivity contribution in [1.29, 1.82) is 0 Å². The van der Waals surface area contributed by atoms with Gasteiger partial charge in [-0.25, -0.2) is 9.59 Å². The zero-order valence-electron chi connectivity index (χ0n) is 20.5. The molecule has 0 radical (unpaired) electrons. The van der Waals surface area contributed by atoms with Gasteiger partial charge in [0.25, 0.3) is 0 Å². The molecule has 0 aromatic carbocycles. The Morgan fingerprint density at radius 3 is 1.50 bits per heavy atom. The first-order valence-electron chi connectivity index (χ1n) is 12.5. The number of esters is 1. The van der Waals surface area contributed by atoms with Crippen molar-refractivity contribution in [2.75, 3.05) is 20.3 Å². The summed E-state index contributed by atoms with van der Waals surface area (Å²) < 4.78 is 10.8. The molecule has 0 heterocycles. The van der Waals surface area contributed by atoms with Crippen molar-refractivity contribution in [3.8, 4) is 0 Å². The maximum absolute atomic E-state index is 12.5. The molecule has 0 rings (SSSR count). The largest absolute Gasteiger partial charge is 0.464 e. The fraction of sp³-hybridized carbons (Fsp3) is 0.920. The number of unbranched alkanes of at least 4 members (excludes halogenated alkanes) is 12. The molecule has 5 nitrogen and oxygen atoms in total. The molecule has 1 unspecified atom stereocenters. The molecule has 0 saturated heterocycles. The first-order valence-corrected chi connectivity index (χ1v) is 12.5. The van der Waals surface area contributed by atoms with Gasteiger partial charge in [-0.2, -0.15) is 0 Å². The smallest absolute Gasteiger partial charge is 0.410 e. The van der Waals surface area contributed by atoms with Gasteiger partial charge in [0, 0.05) is 7.05 Å². The number of likely N-dealkylation sites (N-methyl/N-ethyl adjacent to an activating group) is 1. The fourth-order valence-electron chi connectivity index (χ4n) is 3.63. The van der Waals surface area contributed by atoms with Crippen LogP contribution in [0.4, 0.5) is 4.79 Å². The molecule has 1 atom stereocenters. The average molecular weight is 428 g/mol. The van der Waals surface area contributed by atoms with Crippen molar-refractivity contribution in [2.45, 2.75) is 124 Å². The van der Waals surface area contributed by atoms with Gasteiger partial charge in [-0.15, -0.1) is 0 Å². The number of hydrogen-bond acceptors (Lipinski definition) is 4. The van der Waals surface area contributed by atoms with Crippen LogP contribution >= 0.6 is 0 Å². The number of ether oxygens (including phenoxy) is 2.